The average Bonchev–Trinajstić information content (AvgIpc) is 2.37. The molecule has 1 atom stereocenters. The second-order valence-corrected chi connectivity index (χ2v) is 5.13. The minimum Gasteiger partial charge on any atom is -0.343 e. The van der Waals surface area contributed by atoms with Gasteiger partial charge in [-0.25, -0.2) is 0 Å². The summed E-state index contributed by atoms with van der Waals surface area (Å²) in [6.45, 7) is 8.04. The van der Waals surface area contributed by atoms with Crippen LogP contribution in [0.1, 0.15) is 72.1 Å². The number of rotatable bonds is 11. The normalized spacial score (nSPS) is 12.4. The predicted octanol–water partition coefficient (Wildman–Crippen LogP) is 3.32. The summed E-state index contributed by atoms with van der Waals surface area (Å²) in [7, 11) is 0. The van der Waals surface area contributed by atoms with Gasteiger partial charge in [-0.15, -0.1) is 0 Å². The van der Waals surface area contributed by atoms with Crippen LogP contribution in [-0.4, -0.2) is 29.9 Å². The molecule has 0 rings (SSSR count). The highest BCUT2D eigenvalue weighted by atomic mass is 16.2. The monoisotopic (exact) mass is 256 g/mol. The molecule has 0 aliphatic carbocycles. The lowest BCUT2D eigenvalue weighted by Gasteiger charge is -2.24. The zero-order chi connectivity index (χ0) is 13.8. The fourth-order valence-corrected chi connectivity index (χ4v) is 2.15. The molecule has 0 aromatic rings. The van der Waals surface area contributed by atoms with Crippen molar-refractivity contribution < 1.29 is 4.79 Å². The Kier molecular flexibility index (Phi) is 11.2. The number of carbonyl (C=O) groups excluding carboxylic acids is 1. The number of amides is 1. The first-order valence-electron chi connectivity index (χ1n) is 7.68. The molecule has 0 aliphatic rings. The first-order chi connectivity index (χ1) is 8.65. The molecule has 2 N–H and O–H groups in total. The van der Waals surface area contributed by atoms with E-state index in [9.17, 15) is 4.79 Å². The maximum absolute atomic E-state index is 11.8. The van der Waals surface area contributed by atoms with Crippen LogP contribution in [0.5, 0.6) is 0 Å². The van der Waals surface area contributed by atoms with Crippen LogP contribution >= 0.6 is 0 Å². The Morgan fingerprint density at radius 1 is 1.00 bits per heavy atom. The van der Waals surface area contributed by atoms with Gasteiger partial charge in [-0.3, -0.25) is 4.79 Å². The SMILES string of the molecule is CCCCCCN(CCC(N)CCC)C(=O)CC. The van der Waals surface area contributed by atoms with E-state index in [1.165, 1.54) is 19.3 Å². The molecule has 0 radical (unpaired) electrons. The number of hydrogen-bond donors (Lipinski definition) is 1. The maximum atomic E-state index is 11.8. The number of unbranched alkanes of at least 4 members (excludes halogenated alkanes) is 3. The molecule has 0 aromatic heterocycles. The molecule has 0 saturated carbocycles. The van der Waals surface area contributed by atoms with Gasteiger partial charge in [-0.2, -0.15) is 0 Å². The van der Waals surface area contributed by atoms with E-state index < -0.39 is 0 Å². The molecule has 1 unspecified atom stereocenters. The topological polar surface area (TPSA) is 46.3 Å². The van der Waals surface area contributed by atoms with Crippen LogP contribution in [0.3, 0.4) is 0 Å². The Balaban J connectivity index is 3.95. The van der Waals surface area contributed by atoms with Crippen molar-refractivity contribution in [2.45, 2.75) is 78.2 Å². The molecule has 0 saturated heterocycles. The Labute approximate surface area is 113 Å². The quantitative estimate of drug-likeness (QED) is 0.576. The van der Waals surface area contributed by atoms with Gasteiger partial charge in [0.05, 0.1) is 0 Å². The lowest BCUT2D eigenvalue weighted by Crippen LogP contribution is -2.35. The number of hydrogen-bond acceptors (Lipinski definition) is 2. The Bertz CT molecular complexity index is 207. The predicted molar refractivity (Wildman–Crippen MR) is 78.5 cm³/mol. The average molecular weight is 256 g/mol. The van der Waals surface area contributed by atoms with Crippen molar-refractivity contribution in [1.82, 2.24) is 4.90 Å². The van der Waals surface area contributed by atoms with Crippen molar-refractivity contribution in [3.63, 3.8) is 0 Å². The standard InChI is InChI=1S/C15H32N2O/c1-4-7-8-9-12-17(15(18)6-3)13-11-14(16)10-5-2/h14H,4-13,16H2,1-3H3. The third-order valence-electron chi connectivity index (χ3n) is 3.37. The van der Waals surface area contributed by atoms with Gasteiger partial charge in [0.15, 0.2) is 0 Å². The Hall–Kier alpha value is -0.570. The third kappa shape index (κ3) is 8.51. The van der Waals surface area contributed by atoms with E-state index in [2.05, 4.69) is 13.8 Å². The second kappa shape index (κ2) is 11.5. The Morgan fingerprint density at radius 2 is 1.72 bits per heavy atom. The summed E-state index contributed by atoms with van der Waals surface area (Å²) in [6.07, 6.45) is 8.59. The van der Waals surface area contributed by atoms with Crippen molar-refractivity contribution in [2.24, 2.45) is 5.73 Å². The van der Waals surface area contributed by atoms with Gasteiger partial charge in [-0.1, -0.05) is 46.5 Å². The van der Waals surface area contributed by atoms with Gasteiger partial charge in [0.1, 0.15) is 0 Å². The highest BCUT2D eigenvalue weighted by molar-refractivity contribution is 5.75. The first-order valence-corrected chi connectivity index (χ1v) is 7.68. The van der Waals surface area contributed by atoms with Crippen LogP contribution in [0.15, 0.2) is 0 Å². The smallest absolute Gasteiger partial charge is 0.222 e. The van der Waals surface area contributed by atoms with Gasteiger partial charge in [-0.05, 0) is 19.3 Å². The fourth-order valence-electron chi connectivity index (χ4n) is 2.15. The number of carbonyl (C=O) groups is 1. The largest absolute Gasteiger partial charge is 0.343 e. The molecule has 3 heteroatoms. The van der Waals surface area contributed by atoms with Crippen LogP contribution in [0.25, 0.3) is 0 Å². The van der Waals surface area contributed by atoms with E-state index in [4.69, 9.17) is 5.73 Å². The zero-order valence-electron chi connectivity index (χ0n) is 12.6. The van der Waals surface area contributed by atoms with Gasteiger partial charge in [0, 0.05) is 25.6 Å². The van der Waals surface area contributed by atoms with Crippen molar-refractivity contribution in [3.8, 4) is 0 Å². The zero-order valence-corrected chi connectivity index (χ0v) is 12.6. The number of nitrogens with two attached hydrogens (primary N) is 1. The van der Waals surface area contributed by atoms with Crippen LogP contribution in [0.2, 0.25) is 0 Å². The van der Waals surface area contributed by atoms with Gasteiger partial charge < -0.3 is 10.6 Å². The van der Waals surface area contributed by atoms with E-state index in [0.717, 1.165) is 38.8 Å². The summed E-state index contributed by atoms with van der Waals surface area (Å²) in [6, 6.07) is 0.248. The van der Waals surface area contributed by atoms with Crippen molar-refractivity contribution in [2.75, 3.05) is 13.1 Å². The van der Waals surface area contributed by atoms with Crippen LogP contribution in [0, 0.1) is 0 Å². The molecule has 0 aromatic carbocycles. The molecular weight excluding hydrogens is 224 g/mol. The van der Waals surface area contributed by atoms with E-state index in [1.54, 1.807) is 0 Å². The van der Waals surface area contributed by atoms with Crippen molar-refractivity contribution in [1.29, 1.82) is 0 Å². The summed E-state index contributed by atoms with van der Waals surface area (Å²) in [5, 5.41) is 0. The molecule has 1 amide bonds. The van der Waals surface area contributed by atoms with E-state index in [0.29, 0.717) is 6.42 Å². The molecule has 0 spiro atoms. The summed E-state index contributed by atoms with van der Waals surface area (Å²) in [5.74, 6) is 0.273. The summed E-state index contributed by atoms with van der Waals surface area (Å²) >= 11 is 0. The lowest BCUT2D eigenvalue weighted by atomic mass is 10.1. The number of nitrogens with zero attached hydrogens (tertiary/aromatic N) is 1. The van der Waals surface area contributed by atoms with Gasteiger partial charge >= 0.3 is 0 Å². The first kappa shape index (κ1) is 17.4. The molecule has 0 bridgehead atoms. The van der Waals surface area contributed by atoms with Gasteiger partial charge in [0.2, 0.25) is 5.91 Å². The van der Waals surface area contributed by atoms with E-state index in [-0.39, 0.29) is 11.9 Å². The maximum Gasteiger partial charge on any atom is 0.222 e. The lowest BCUT2D eigenvalue weighted by molar-refractivity contribution is -0.131. The molecule has 0 fully saturated rings. The molecular formula is C15H32N2O. The van der Waals surface area contributed by atoms with Crippen LogP contribution in [0.4, 0.5) is 0 Å². The summed E-state index contributed by atoms with van der Waals surface area (Å²) in [5.41, 5.74) is 6.01. The molecule has 3 nitrogen and oxygen atoms in total. The highest BCUT2D eigenvalue weighted by Crippen LogP contribution is 2.06. The minimum atomic E-state index is 0.248. The third-order valence-corrected chi connectivity index (χ3v) is 3.37. The fraction of sp³-hybridized carbons (Fsp3) is 0.933. The van der Waals surface area contributed by atoms with E-state index >= 15 is 0 Å². The second-order valence-electron chi connectivity index (χ2n) is 5.13. The van der Waals surface area contributed by atoms with Gasteiger partial charge in [0.25, 0.3) is 0 Å². The van der Waals surface area contributed by atoms with Crippen LogP contribution in [-0.2, 0) is 4.79 Å². The minimum absolute atomic E-state index is 0.248. The van der Waals surface area contributed by atoms with E-state index in [1.807, 2.05) is 11.8 Å². The molecule has 18 heavy (non-hydrogen) atoms. The van der Waals surface area contributed by atoms with Crippen molar-refractivity contribution in [3.05, 3.63) is 0 Å². The summed E-state index contributed by atoms with van der Waals surface area (Å²) in [4.78, 5) is 13.8. The molecule has 0 heterocycles. The highest BCUT2D eigenvalue weighted by Gasteiger charge is 2.12. The molecule has 108 valence electrons. The van der Waals surface area contributed by atoms with Crippen molar-refractivity contribution >= 4 is 5.91 Å². The summed E-state index contributed by atoms with van der Waals surface area (Å²) < 4.78 is 0. The Morgan fingerprint density at radius 3 is 2.28 bits per heavy atom. The van der Waals surface area contributed by atoms with Crippen LogP contribution < -0.4 is 5.73 Å². The molecule has 0 aliphatic heterocycles.